The van der Waals surface area contributed by atoms with Crippen LogP contribution in [0.2, 0.25) is 0 Å². The Morgan fingerprint density at radius 1 is 0.972 bits per heavy atom. The molecular formula is C26H25N5O4S. The van der Waals surface area contributed by atoms with E-state index in [1.54, 1.807) is 10.4 Å². The van der Waals surface area contributed by atoms with Gasteiger partial charge in [-0.25, -0.2) is 17.7 Å². The highest BCUT2D eigenvalue weighted by molar-refractivity contribution is 7.88. The maximum atomic E-state index is 12.3. The van der Waals surface area contributed by atoms with Gasteiger partial charge in [-0.05, 0) is 47.7 Å². The zero-order valence-corrected chi connectivity index (χ0v) is 20.6. The van der Waals surface area contributed by atoms with Gasteiger partial charge in [0.25, 0.3) is 5.91 Å². The third-order valence-corrected chi connectivity index (χ3v) is 8.13. The number of carbonyl (C=O) groups is 1. The third-order valence-electron chi connectivity index (χ3n) is 6.83. The second kappa shape index (κ2) is 8.72. The van der Waals surface area contributed by atoms with Crippen LogP contribution in [0.5, 0.6) is 5.75 Å². The van der Waals surface area contributed by atoms with Crippen molar-refractivity contribution in [3.05, 3.63) is 65.4 Å². The van der Waals surface area contributed by atoms with E-state index >= 15 is 0 Å². The Balaban J connectivity index is 1.36. The van der Waals surface area contributed by atoms with Gasteiger partial charge >= 0.3 is 0 Å². The molecule has 10 heteroatoms. The molecule has 4 aromatic rings. The molecule has 9 nitrogen and oxygen atoms in total. The lowest BCUT2D eigenvalue weighted by molar-refractivity contribution is 0.0957. The van der Waals surface area contributed by atoms with E-state index in [0.29, 0.717) is 56.0 Å². The van der Waals surface area contributed by atoms with Crippen molar-refractivity contribution in [2.45, 2.75) is 12.8 Å². The maximum absolute atomic E-state index is 12.3. The first kappa shape index (κ1) is 22.7. The van der Waals surface area contributed by atoms with Gasteiger partial charge in [0.15, 0.2) is 5.65 Å². The molecule has 36 heavy (non-hydrogen) atoms. The average molecular weight is 504 g/mol. The van der Waals surface area contributed by atoms with Crippen LogP contribution in [0.25, 0.3) is 33.4 Å². The van der Waals surface area contributed by atoms with Crippen LogP contribution in [0.3, 0.4) is 0 Å². The quantitative estimate of drug-likeness (QED) is 0.444. The standard InChI is InChI=1S/C26H25N5O4S/c1-36(33,34)31-9-6-16-2-3-17(12-18(16)7-10-31)20-13-22-24(29-30-25(22)28-15-20)19-4-5-21-23(14-19)35-11-8-27-26(21)32/h2-5,12-15H,6-11H2,1H3,(H,27,32)(H,28,29,30). The lowest BCUT2D eigenvalue weighted by Gasteiger charge is -2.16. The first-order chi connectivity index (χ1) is 17.4. The number of amides is 1. The maximum Gasteiger partial charge on any atom is 0.255 e. The number of H-pyrrole nitrogens is 1. The predicted octanol–water partition coefficient (Wildman–Crippen LogP) is 2.77. The van der Waals surface area contributed by atoms with Crippen molar-refractivity contribution in [2.24, 2.45) is 0 Å². The fourth-order valence-corrected chi connectivity index (χ4v) is 5.74. The fourth-order valence-electron chi connectivity index (χ4n) is 4.89. The van der Waals surface area contributed by atoms with E-state index in [-0.39, 0.29) is 5.91 Å². The molecule has 6 rings (SSSR count). The summed E-state index contributed by atoms with van der Waals surface area (Å²) in [4.78, 5) is 16.8. The lowest BCUT2D eigenvalue weighted by Crippen LogP contribution is -2.32. The van der Waals surface area contributed by atoms with Crippen LogP contribution in [0.4, 0.5) is 0 Å². The molecule has 0 aliphatic carbocycles. The van der Waals surface area contributed by atoms with Gasteiger partial charge < -0.3 is 10.1 Å². The number of carbonyl (C=O) groups excluding carboxylic acids is 1. The molecule has 0 saturated carbocycles. The molecule has 4 heterocycles. The second-order valence-electron chi connectivity index (χ2n) is 9.15. The molecule has 0 radical (unpaired) electrons. The van der Waals surface area contributed by atoms with Gasteiger partial charge in [-0.2, -0.15) is 5.10 Å². The van der Waals surface area contributed by atoms with E-state index in [0.717, 1.165) is 33.3 Å². The number of hydrogen-bond donors (Lipinski definition) is 2. The Morgan fingerprint density at radius 3 is 2.61 bits per heavy atom. The summed E-state index contributed by atoms with van der Waals surface area (Å²) >= 11 is 0. The van der Waals surface area contributed by atoms with Crippen LogP contribution in [0.1, 0.15) is 21.5 Å². The SMILES string of the molecule is CS(=O)(=O)N1CCc2ccc(-c3cnc4[nH]nc(-c5ccc6c(c5)OCCNC6=O)c4c3)cc2CC1. The minimum Gasteiger partial charge on any atom is -0.491 e. The summed E-state index contributed by atoms with van der Waals surface area (Å²) in [5.74, 6) is 0.393. The Morgan fingerprint density at radius 2 is 1.78 bits per heavy atom. The lowest BCUT2D eigenvalue weighted by atomic mass is 9.96. The number of pyridine rings is 1. The minimum atomic E-state index is -3.21. The molecule has 184 valence electrons. The van der Waals surface area contributed by atoms with E-state index in [9.17, 15) is 13.2 Å². The van der Waals surface area contributed by atoms with Crippen molar-refractivity contribution in [1.29, 1.82) is 0 Å². The average Bonchev–Trinajstić information content (AvgIpc) is 3.03. The van der Waals surface area contributed by atoms with Crippen LogP contribution in [0.15, 0.2) is 48.7 Å². The van der Waals surface area contributed by atoms with Gasteiger partial charge in [-0.1, -0.05) is 24.3 Å². The normalized spacial score (nSPS) is 16.4. The first-order valence-electron chi connectivity index (χ1n) is 11.8. The number of nitrogens with zero attached hydrogens (tertiary/aromatic N) is 3. The largest absolute Gasteiger partial charge is 0.491 e. The van der Waals surface area contributed by atoms with Crippen molar-refractivity contribution in [2.75, 3.05) is 32.5 Å². The molecule has 0 unspecified atom stereocenters. The Hall–Kier alpha value is -3.76. The molecule has 0 saturated heterocycles. The van der Waals surface area contributed by atoms with Gasteiger partial charge in [0.2, 0.25) is 10.0 Å². The molecule has 0 fully saturated rings. The summed E-state index contributed by atoms with van der Waals surface area (Å²) in [6.07, 6.45) is 4.45. The van der Waals surface area contributed by atoms with Gasteiger partial charge in [0, 0.05) is 35.8 Å². The van der Waals surface area contributed by atoms with E-state index in [1.165, 1.54) is 11.8 Å². The molecule has 1 amide bonds. The molecule has 2 aliphatic rings. The molecule has 0 spiro atoms. The van der Waals surface area contributed by atoms with Crippen molar-refractivity contribution < 1.29 is 17.9 Å². The highest BCUT2D eigenvalue weighted by Crippen LogP contribution is 2.33. The van der Waals surface area contributed by atoms with Crippen LogP contribution < -0.4 is 10.1 Å². The first-order valence-corrected chi connectivity index (χ1v) is 13.7. The van der Waals surface area contributed by atoms with Crippen LogP contribution in [-0.2, 0) is 22.9 Å². The number of rotatable bonds is 3. The molecule has 2 N–H and O–H groups in total. The highest BCUT2D eigenvalue weighted by Gasteiger charge is 2.22. The summed E-state index contributed by atoms with van der Waals surface area (Å²) in [6.45, 7) is 1.87. The van der Waals surface area contributed by atoms with Crippen LogP contribution >= 0.6 is 0 Å². The molecule has 2 aliphatic heterocycles. The summed E-state index contributed by atoms with van der Waals surface area (Å²) in [5.41, 5.74) is 7.04. The number of aromatic nitrogens is 3. The smallest absolute Gasteiger partial charge is 0.255 e. The van der Waals surface area contributed by atoms with Gasteiger partial charge in [0.1, 0.15) is 18.1 Å². The molecular weight excluding hydrogens is 478 g/mol. The molecule has 0 atom stereocenters. The van der Waals surface area contributed by atoms with E-state index in [2.05, 4.69) is 44.8 Å². The topological polar surface area (TPSA) is 117 Å². The highest BCUT2D eigenvalue weighted by atomic mass is 32.2. The van der Waals surface area contributed by atoms with Crippen LogP contribution in [0, 0.1) is 0 Å². The van der Waals surface area contributed by atoms with Gasteiger partial charge in [-0.15, -0.1) is 0 Å². The molecule has 0 bridgehead atoms. The fraction of sp³-hybridized carbons (Fsp3) is 0.269. The summed E-state index contributed by atoms with van der Waals surface area (Å²) in [5, 5.41) is 11.2. The summed E-state index contributed by atoms with van der Waals surface area (Å²) < 4.78 is 31.4. The Bertz CT molecular complexity index is 1610. The second-order valence-corrected chi connectivity index (χ2v) is 11.1. The van der Waals surface area contributed by atoms with E-state index in [1.807, 2.05) is 18.3 Å². The monoisotopic (exact) mass is 503 g/mol. The number of benzene rings is 2. The molecule has 2 aromatic carbocycles. The van der Waals surface area contributed by atoms with Crippen molar-refractivity contribution in [3.63, 3.8) is 0 Å². The number of aromatic amines is 1. The number of fused-ring (bicyclic) bond motifs is 3. The van der Waals surface area contributed by atoms with E-state index < -0.39 is 10.0 Å². The van der Waals surface area contributed by atoms with Gasteiger partial charge in [0.05, 0.1) is 18.4 Å². The number of sulfonamides is 1. The molecule has 2 aromatic heterocycles. The summed E-state index contributed by atoms with van der Waals surface area (Å²) in [6, 6.07) is 13.8. The zero-order valence-electron chi connectivity index (χ0n) is 19.7. The van der Waals surface area contributed by atoms with Crippen molar-refractivity contribution in [3.8, 4) is 28.1 Å². The predicted molar refractivity (Wildman–Crippen MR) is 136 cm³/mol. The van der Waals surface area contributed by atoms with Gasteiger partial charge in [-0.3, -0.25) is 9.89 Å². The van der Waals surface area contributed by atoms with Crippen molar-refractivity contribution >= 4 is 27.0 Å². The number of nitrogens with one attached hydrogen (secondary N) is 2. The minimum absolute atomic E-state index is 0.146. The Kier molecular flexibility index (Phi) is 5.50. The summed E-state index contributed by atoms with van der Waals surface area (Å²) in [7, 11) is -3.21. The number of hydrogen-bond acceptors (Lipinski definition) is 6. The zero-order chi connectivity index (χ0) is 24.9. The van der Waals surface area contributed by atoms with E-state index in [4.69, 9.17) is 4.74 Å². The third kappa shape index (κ3) is 4.12. The number of ether oxygens (including phenoxy) is 1. The Labute approximate surface area is 208 Å². The van der Waals surface area contributed by atoms with Crippen LogP contribution in [-0.4, -0.2) is 66.3 Å². The van der Waals surface area contributed by atoms with Crippen molar-refractivity contribution in [1.82, 2.24) is 24.8 Å².